The van der Waals surface area contributed by atoms with E-state index < -0.39 is 15.6 Å². The molecule has 0 fully saturated rings. The summed E-state index contributed by atoms with van der Waals surface area (Å²) in [5, 5.41) is 3.03. The highest BCUT2D eigenvalue weighted by Gasteiger charge is 2.22. The fourth-order valence-corrected chi connectivity index (χ4v) is 2.73. The molecule has 0 aliphatic rings. The summed E-state index contributed by atoms with van der Waals surface area (Å²) in [7, 11) is -1.74. The zero-order valence-electron chi connectivity index (χ0n) is 12.1. The number of hydrogen-bond acceptors (Lipinski definition) is 7. The molecule has 1 heterocycles. The average Bonchev–Trinajstić information content (AvgIpc) is 2.23. The smallest absolute Gasteiger partial charge is 0.209 e. The number of hydrogen-bond donors (Lipinski definition) is 3. The quantitative estimate of drug-likeness (QED) is 0.645. The van der Waals surface area contributed by atoms with Crippen molar-refractivity contribution < 1.29 is 13.2 Å². The zero-order chi connectivity index (χ0) is 15.4. The Morgan fingerprint density at radius 3 is 2.60 bits per heavy atom. The second-order valence-corrected chi connectivity index (χ2v) is 6.89. The van der Waals surface area contributed by atoms with Crippen molar-refractivity contribution in [2.45, 2.75) is 26.0 Å². The molecule has 0 saturated heterocycles. The molecule has 0 spiro atoms. The minimum absolute atomic E-state index is 0.255. The number of methoxy groups -OCH3 is 1. The third-order valence-corrected chi connectivity index (χ3v) is 3.16. The molecular formula is C11H21N5O3S. The molecule has 114 valence electrons. The fourth-order valence-electron chi connectivity index (χ4n) is 1.65. The van der Waals surface area contributed by atoms with E-state index in [2.05, 4.69) is 20.0 Å². The van der Waals surface area contributed by atoms with Gasteiger partial charge < -0.3 is 15.8 Å². The number of nitrogen functional groups attached to an aromatic ring is 1. The second kappa shape index (κ2) is 6.33. The Labute approximate surface area is 119 Å². The summed E-state index contributed by atoms with van der Waals surface area (Å²) in [5.41, 5.74) is 5.01. The lowest BCUT2D eigenvalue weighted by Gasteiger charge is -2.25. The maximum atomic E-state index is 11.3. The minimum atomic E-state index is -3.28. The van der Waals surface area contributed by atoms with Crippen molar-refractivity contribution in [2.24, 2.45) is 0 Å². The highest BCUT2D eigenvalue weighted by atomic mass is 32.2. The third-order valence-electron chi connectivity index (χ3n) is 2.24. The molecule has 20 heavy (non-hydrogen) atoms. The number of nitrogens with zero attached hydrogens (tertiary/aromatic N) is 2. The van der Waals surface area contributed by atoms with Crippen LogP contribution in [0.1, 0.15) is 19.7 Å². The monoisotopic (exact) mass is 303 g/mol. The number of aromatic nitrogens is 2. The number of nitrogens with two attached hydrogens (primary N) is 1. The average molecular weight is 303 g/mol. The van der Waals surface area contributed by atoms with Crippen molar-refractivity contribution in [1.82, 2.24) is 14.7 Å². The minimum Gasteiger partial charge on any atom is -0.384 e. The predicted molar refractivity (Wildman–Crippen MR) is 77.7 cm³/mol. The highest BCUT2D eigenvalue weighted by molar-refractivity contribution is 7.88. The lowest BCUT2D eigenvalue weighted by molar-refractivity contribution is 0.178. The van der Waals surface area contributed by atoms with Crippen molar-refractivity contribution in [1.29, 1.82) is 0 Å². The van der Waals surface area contributed by atoms with Gasteiger partial charge in [0, 0.05) is 25.3 Å². The molecule has 1 aromatic heterocycles. The molecule has 0 bridgehead atoms. The van der Waals surface area contributed by atoms with Gasteiger partial charge in [-0.2, -0.15) is 0 Å². The van der Waals surface area contributed by atoms with Crippen molar-refractivity contribution in [3.63, 3.8) is 0 Å². The van der Waals surface area contributed by atoms with E-state index in [0.29, 0.717) is 24.0 Å². The van der Waals surface area contributed by atoms with E-state index in [1.807, 2.05) is 0 Å². The van der Waals surface area contributed by atoms with Gasteiger partial charge in [0.2, 0.25) is 10.0 Å². The van der Waals surface area contributed by atoms with Crippen LogP contribution >= 0.6 is 0 Å². The molecule has 0 amide bonds. The summed E-state index contributed by atoms with van der Waals surface area (Å²) in [5.74, 6) is 1.31. The molecular weight excluding hydrogens is 282 g/mol. The Kier molecular flexibility index (Phi) is 5.26. The normalized spacial score (nSPS) is 12.4. The first-order chi connectivity index (χ1) is 9.11. The predicted octanol–water partition coefficient (Wildman–Crippen LogP) is -0.0551. The molecule has 0 aliphatic carbocycles. The Morgan fingerprint density at radius 2 is 2.05 bits per heavy atom. The van der Waals surface area contributed by atoms with Crippen LogP contribution < -0.4 is 15.8 Å². The number of ether oxygens (including phenoxy) is 1. The van der Waals surface area contributed by atoms with E-state index >= 15 is 0 Å². The Balaban J connectivity index is 2.74. The van der Waals surface area contributed by atoms with Gasteiger partial charge in [0.15, 0.2) is 5.82 Å². The SMILES string of the molecule is COCc1nc(N)cc(NCC(C)(C)NS(C)(=O)=O)n1. The Morgan fingerprint density at radius 1 is 1.40 bits per heavy atom. The molecule has 4 N–H and O–H groups in total. The largest absolute Gasteiger partial charge is 0.384 e. The second-order valence-electron chi connectivity index (χ2n) is 5.14. The van der Waals surface area contributed by atoms with Crippen LogP contribution in [0.4, 0.5) is 11.6 Å². The number of rotatable bonds is 7. The molecule has 0 saturated carbocycles. The Bertz CT molecular complexity index is 559. The lowest BCUT2D eigenvalue weighted by Crippen LogP contribution is -2.47. The summed E-state index contributed by atoms with van der Waals surface area (Å²) in [6.45, 7) is 4.14. The first kappa shape index (κ1) is 16.6. The van der Waals surface area contributed by atoms with E-state index in [9.17, 15) is 8.42 Å². The highest BCUT2D eigenvalue weighted by Crippen LogP contribution is 2.11. The van der Waals surface area contributed by atoms with Crippen molar-refractivity contribution in [2.75, 3.05) is 31.0 Å². The summed E-state index contributed by atoms with van der Waals surface area (Å²) < 4.78 is 30.0. The van der Waals surface area contributed by atoms with Crippen LogP contribution in [0.3, 0.4) is 0 Å². The van der Waals surface area contributed by atoms with Gasteiger partial charge in [0.05, 0.1) is 6.26 Å². The summed E-state index contributed by atoms with van der Waals surface area (Å²) >= 11 is 0. The molecule has 0 radical (unpaired) electrons. The van der Waals surface area contributed by atoms with Gasteiger partial charge in [-0.1, -0.05) is 0 Å². The van der Waals surface area contributed by atoms with Crippen LogP contribution in [0.25, 0.3) is 0 Å². The van der Waals surface area contributed by atoms with Gasteiger partial charge in [-0.3, -0.25) is 0 Å². The zero-order valence-corrected chi connectivity index (χ0v) is 12.9. The van der Waals surface area contributed by atoms with Crippen LogP contribution in [0.15, 0.2) is 6.07 Å². The molecule has 0 aromatic carbocycles. The van der Waals surface area contributed by atoms with Gasteiger partial charge in [-0.05, 0) is 13.8 Å². The summed E-state index contributed by atoms with van der Waals surface area (Å²) in [6.07, 6.45) is 1.12. The van der Waals surface area contributed by atoms with Gasteiger partial charge in [0.1, 0.15) is 18.2 Å². The third kappa shape index (κ3) is 6.13. The van der Waals surface area contributed by atoms with Gasteiger partial charge in [-0.25, -0.2) is 23.1 Å². The van der Waals surface area contributed by atoms with Crippen LogP contribution in [-0.4, -0.2) is 43.8 Å². The first-order valence-electron chi connectivity index (χ1n) is 5.96. The topological polar surface area (TPSA) is 119 Å². The molecule has 0 unspecified atom stereocenters. The van der Waals surface area contributed by atoms with Crippen LogP contribution in [0.2, 0.25) is 0 Å². The Hall–Kier alpha value is -1.45. The maximum Gasteiger partial charge on any atom is 0.209 e. The number of sulfonamides is 1. The van der Waals surface area contributed by atoms with Crippen molar-refractivity contribution >= 4 is 21.7 Å². The van der Waals surface area contributed by atoms with Gasteiger partial charge in [-0.15, -0.1) is 0 Å². The molecule has 0 aliphatic heterocycles. The first-order valence-corrected chi connectivity index (χ1v) is 7.86. The maximum absolute atomic E-state index is 11.3. The van der Waals surface area contributed by atoms with Crippen LogP contribution in [0.5, 0.6) is 0 Å². The fraction of sp³-hybridized carbons (Fsp3) is 0.636. The van der Waals surface area contributed by atoms with E-state index in [4.69, 9.17) is 10.5 Å². The summed E-state index contributed by atoms with van der Waals surface area (Å²) in [6, 6.07) is 1.58. The van der Waals surface area contributed by atoms with E-state index in [1.165, 1.54) is 0 Å². The number of anilines is 2. The van der Waals surface area contributed by atoms with Crippen molar-refractivity contribution in [3.8, 4) is 0 Å². The molecule has 8 nitrogen and oxygen atoms in total. The van der Waals surface area contributed by atoms with Gasteiger partial charge >= 0.3 is 0 Å². The summed E-state index contributed by atoms with van der Waals surface area (Å²) in [4.78, 5) is 8.24. The molecule has 0 atom stereocenters. The van der Waals surface area contributed by atoms with E-state index in [1.54, 1.807) is 27.0 Å². The van der Waals surface area contributed by atoms with E-state index in [0.717, 1.165) is 6.26 Å². The van der Waals surface area contributed by atoms with Crippen molar-refractivity contribution in [3.05, 3.63) is 11.9 Å². The van der Waals surface area contributed by atoms with E-state index in [-0.39, 0.29) is 6.61 Å². The lowest BCUT2D eigenvalue weighted by atomic mass is 10.1. The standard InChI is InChI=1S/C11H21N5O3S/c1-11(2,16-20(4,17)18)7-13-9-5-8(12)14-10(15-9)6-19-3/h5,16H,6-7H2,1-4H3,(H3,12,13,14,15). The van der Waals surface area contributed by atoms with Gasteiger partial charge in [0.25, 0.3) is 0 Å². The molecule has 9 heteroatoms. The van der Waals surface area contributed by atoms with Crippen LogP contribution in [-0.2, 0) is 21.4 Å². The molecule has 1 rings (SSSR count). The van der Waals surface area contributed by atoms with Crippen LogP contribution in [0, 0.1) is 0 Å². The molecule has 1 aromatic rings. The number of nitrogens with one attached hydrogen (secondary N) is 2.